The van der Waals surface area contributed by atoms with Crippen LogP contribution in [-0.2, 0) is 13.3 Å². The average molecular weight is 399 g/mol. The molecule has 0 atom stereocenters. The van der Waals surface area contributed by atoms with E-state index in [-0.39, 0.29) is 0 Å². The van der Waals surface area contributed by atoms with Crippen LogP contribution in [0.15, 0.2) is 0 Å². The number of rotatable bonds is 16. The average Bonchev–Trinajstić information content (AvgIpc) is 2.63. The Hall–Kier alpha value is 0.797. The summed E-state index contributed by atoms with van der Waals surface area (Å²) in [4.78, 5) is 0. The minimum Gasteiger partial charge on any atom is -0.377 e. The van der Waals surface area contributed by atoms with Gasteiger partial charge in [0, 0.05) is 27.4 Å². The summed E-state index contributed by atoms with van der Waals surface area (Å²) in [5.41, 5.74) is 0. The molecular weight excluding hydrogens is 356 g/mol. The number of thiol groups is 2. The highest BCUT2D eigenvalue weighted by Crippen LogP contribution is 2.14. The molecule has 148 valence electrons. The van der Waals surface area contributed by atoms with Crippen LogP contribution in [-0.4, -0.2) is 41.6 Å². The predicted molar refractivity (Wildman–Crippen MR) is 116 cm³/mol. The Bertz CT molecular complexity index is 212. The Labute approximate surface area is 163 Å². The van der Waals surface area contributed by atoms with Crippen LogP contribution in [0.25, 0.3) is 0 Å². The fraction of sp³-hybridized carbons (Fsp3) is 1.00. The van der Waals surface area contributed by atoms with E-state index in [1.807, 2.05) is 0 Å². The SMILES string of the molecule is CCCCCCCCCCCCS.CO[Si](CCCS)(OC)OC. The minimum atomic E-state index is -2.29. The van der Waals surface area contributed by atoms with Gasteiger partial charge in [0.2, 0.25) is 0 Å². The summed E-state index contributed by atoms with van der Waals surface area (Å²) in [5, 5.41) is 0. The number of unbranched alkanes of at least 4 members (excludes halogenated alkanes) is 9. The van der Waals surface area contributed by atoms with Gasteiger partial charge in [-0.1, -0.05) is 64.7 Å². The molecule has 0 rings (SSSR count). The van der Waals surface area contributed by atoms with Crippen LogP contribution in [0.4, 0.5) is 0 Å². The van der Waals surface area contributed by atoms with Crippen LogP contribution in [0, 0.1) is 0 Å². The Balaban J connectivity index is 0. The summed E-state index contributed by atoms with van der Waals surface area (Å²) in [6.45, 7) is 2.28. The van der Waals surface area contributed by atoms with E-state index in [2.05, 4.69) is 32.2 Å². The van der Waals surface area contributed by atoms with Gasteiger partial charge in [-0.2, -0.15) is 25.3 Å². The molecule has 0 fully saturated rings. The third-order valence-corrected chi connectivity index (χ3v) is 7.55. The molecule has 0 saturated carbocycles. The van der Waals surface area contributed by atoms with Crippen molar-refractivity contribution in [2.75, 3.05) is 32.8 Å². The van der Waals surface area contributed by atoms with Crippen LogP contribution in [0.3, 0.4) is 0 Å². The monoisotopic (exact) mass is 398 g/mol. The van der Waals surface area contributed by atoms with E-state index in [1.54, 1.807) is 21.3 Å². The molecule has 0 aliphatic rings. The minimum absolute atomic E-state index is 0.833. The smallest absolute Gasteiger partial charge is 0.377 e. The lowest BCUT2D eigenvalue weighted by atomic mass is 10.1. The van der Waals surface area contributed by atoms with Gasteiger partial charge in [0.05, 0.1) is 0 Å². The summed E-state index contributed by atoms with van der Waals surface area (Å²) < 4.78 is 15.6. The fourth-order valence-corrected chi connectivity index (χ4v) is 4.85. The zero-order chi connectivity index (χ0) is 18.5. The Morgan fingerprint density at radius 1 is 0.583 bits per heavy atom. The quantitative estimate of drug-likeness (QED) is 0.189. The van der Waals surface area contributed by atoms with E-state index >= 15 is 0 Å². The van der Waals surface area contributed by atoms with Crippen LogP contribution in [0.2, 0.25) is 6.04 Å². The Kier molecular flexibility index (Phi) is 24.6. The highest BCUT2D eigenvalue weighted by atomic mass is 32.1. The third-order valence-electron chi connectivity index (χ3n) is 4.09. The van der Waals surface area contributed by atoms with Crippen molar-refractivity contribution < 1.29 is 13.3 Å². The maximum absolute atomic E-state index is 5.20. The molecule has 0 unspecified atom stereocenters. The second kappa shape index (κ2) is 21.8. The first-order valence-corrected chi connectivity index (χ1v) is 12.7. The number of hydrogen-bond donors (Lipinski definition) is 2. The van der Waals surface area contributed by atoms with Gasteiger partial charge in [0.15, 0.2) is 0 Å². The summed E-state index contributed by atoms with van der Waals surface area (Å²) in [7, 11) is 2.58. The molecule has 0 saturated heterocycles. The standard InChI is InChI=1S/C12H26S.C6H16O3SSi/c1-2-3-4-5-6-7-8-9-10-11-12-13;1-7-11(8-2,9-3)6-4-5-10/h13H,2-12H2,1H3;10H,4-6H2,1-3H3. The summed E-state index contributed by atoms with van der Waals surface area (Å²) >= 11 is 8.31. The molecule has 0 aliphatic heterocycles. The van der Waals surface area contributed by atoms with Gasteiger partial charge in [-0.05, 0) is 24.3 Å². The predicted octanol–water partition coefficient (Wildman–Crippen LogP) is 6.02. The van der Waals surface area contributed by atoms with Gasteiger partial charge in [-0.3, -0.25) is 0 Å². The van der Waals surface area contributed by atoms with Gasteiger partial charge < -0.3 is 13.3 Å². The van der Waals surface area contributed by atoms with Crippen LogP contribution < -0.4 is 0 Å². The molecule has 0 aromatic carbocycles. The van der Waals surface area contributed by atoms with E-state index < -0.39 is 8.80 Å². The maximum atomic E-state index is 5.20. The third kappa shape index (κ3) is 17.6. The largest absolute Gasteiger partial charge is 0.500 e. The maximum Gasteiger partial charge on any atom is 0.500 e. The second-order valence-electron chi connectivity index (χ2n) is 6.03. The molecule has 0 N–H and O–H groups in total. The van der Waals surface area contributed by atoms with Gasteiger partial charge >= 0.3 is 8.80 Å². The Morgan fingerprint density at radius 2 is 0.958 bits per heavy atom. The van der Waals surface area contributed by atoms with Crippen LogP contribution in [0.1, 0.15) is 77.6 Å². The van der Waals surface area contributed by atoms with Crippen molar-refractivity contribution in [1.82, 2.24) is 0 Å². The van der Waals surface area contributed by atoms with E-state index in [0.29, 0.717) is 0 Å². The van der Waals surface area contributed by atoms with Gasteiger partial charge in [0.1, 0.15) is 0 Å². The topological polar surface area (TPSA) is 27.7 Å². The lowest BCUT2D eigenvalue weighted by Crippen LogP contribution is -2.42. The van der Waals surface area contributed by atoms with Gasteiger partial charge in [-0.25, -0.2) is 0 Å². The van der Waals surface area contributed by atoms with Gasteiger partial charge in [-0.15, -0.1) is 0 Å². The molecule has 0 bridgehead atoms. The number of hydrogen-bond acceptors (Lipinski definition) is 5. The highest BCUT2D eigenvalue weighted by Gasteiger charge is 2.36. The Morgan fingerprint density at radius 3 is 1.29 bits per heavy atom. The van der Waals surface area contributed by atoms with Crippen molar-refractivity contribution in [2.24, 2.45) is 0 Å². The summed E-state index contributed by atoms with van der Waals surface area (Å²) in [6.07, 6.45) is 15.1. The van der Waals surface area contributed by atoms with Crippen LogP contribution in [0.5, 0.6) is 0 Å². The highest BCUT2D eigenvalue weighted by molar-refractivity contribution is 7.80. The molecule has 0 heterocycles. The van der Waals surface area contributed by atoms with E-state index in [1.165, 1.54) is 64.2 Å². The zero-order valence-corrected chi connectivity index (χ0v) is 19.3. The molecular formula is C18H42O3S2Si. The molecule has 0 aromatic rings. The second-order valence-corrected chi connectivity index (χ2v) is 10.0. The van der Waals surface area contributed by atoms with Crippen molar-refractivity contribution >= 4 is 34.1 Å². The van der Waals surface area contributed by atoms with Gasteiger partial charge in [0.25, 0.3) is 0 Å². The first-order valence-electron chi connectivity index (χ1n) is 9.53. The van der Waals surface area contributed by atoms with Crippen molar-refractivity contribution in [3.63, 3.8) is 0 Å². The fourth-order valence-electron chi connectivity index (χ4n) is 2.45. The zero-order valence-electron chi connectivity index (χ0n) is 16.5. The van der Waals surface area contributed by atoms with Crippen LogP contribution >= 0.6 is 25.3 Å². The molecule has 0 radical (unpaired) electrons. The molecule has 24 heavy (non-hydrogen) atoms. The normalized spacial score (nSPS) is 11.2. The van der Waals surface area contributed by atoms with E-state index in [9.17, 15) is 0 Å². The lowest BCUT2D eigenvalue weighted by Gasteiger charge is -2.23. The molecule has 3 nitrogen and oxygen atoms in total. The molecule has 0 aromatic heterocycles. The van der Waals surface area contributed by atoms with Crippen molar-refractivity contribution in [3.8, 4) is 0 Å². The summed E-state index contributed by atoms with van der Waals surface area (Å²) in [6, 6.07) is 0.833. The summed E-state index contributed by atoms with van der Waals surface area (Å²) in [5.74, 6) is 1.90. The molecule has 6 heteroatoms. The van der Waals surface area contributed by atoms with E-state index in [4.69, 9.17) is 13.3 Å². The van der Waals surface area contributed by atoms with Crippen molar-refractivity contribution in [1.29, 1.82) is 0 Å². The molecule has 0 aliphatic carbocycles. The first kappa shape index (κ1) is 27.0. The first-order chi connectivity index (χ1) is 11.7. The molecule has 0 spiro atoms. The lowest BCUT2D eigenvalue weighted by molar-refractivity contribution is 0.123. The van der Waals surface area contributed by atoms with E-state index in [0.717, 1.165) is 24.0 Å². The van der Waals surface area contributed by atoms with Crippen molar-refractivity contribution in [2.45, 2.75) is 83.6 Å². The van der Waals surface area contributed by atoms with Crippen molar-refractivity contribution in [3.05, 3.63) is 0 Å². The molecule has 0 amide bonds.